The van der Waals surface area contributed by atoms with Crippen molar-refractivity contribution in [2.24, 2.45) is 0 Å². The summed E-state index contributed by atoms with van der Waals surface area (Å²) in [7, 11) is 0. The number of hydrogen-bond acceptors (Lipinski definition) is 3. The van der Waals surface area contributed by atoms with E-state index in [1.54, 1.807) is 0 Å². The third-order valence-electron chi connectivity index (χ3n) is 3.73. The quantitative estimate of drug-likeness (QED) is 0.572. The molecular weight excluding hydrogens is 250 g/mol. The van der Waals surface area contributed by atoms with Crippen molar-refractivity contribution in [3.63, 3.8) is 0 Å². The summed E-state index contributed by atoms with van der Waals surface area (Å²) in [5.41, 5.74) is 8.44. The fourth-order valence-corrected chi connectivity index (χ4v) is 2.62. The van der Waals surface area contributed by atoms with Crippen LogP contribution < -0.4 is 5.73 Å². The molecule has 0 spiro atoms. The second-order valence-corrected chi connectivity index (χ2v) is 5.35. The van der Waals surface area contributed by atoms with Crippen LogP contribution in [0, 0.1) is 0 Å². The Bertz CT molecular complexity index is 548. The number of imidazole rings is 1. The normalized spacial score (nSPS) is 11.3. The van der Waals surface area contributed by atoms with Gasteiger partial charge in [-0.25, -0.2) is 4.98 Å². The number of rotatable bonds is 8. The van der Waals surface area contributed by atoms with E-state index >= 15 is 0 Å². The molecule has 4 nitrogen and oxygen atoms in total. The van der Waals surface area contributed by atoms with Crippen molar-refractivity contribution in [1.29, 1.82) is 0 Å². The molecule has 0 aliphatic rings. The lowest BCUT2D eigenvalue weighted by atomic mass is 10.1. The number of anilines is 1. The summed E-state index contributed by atoms with van der Waals surface area (Å²) >= 11 is 0. The largest absolute Gasteiger partial charge is 0.399 e. The topological polar surface area (TPSA) is 64.1 Å². The van der Waals surface area contributed by atoms with Crippen molar-refractivity contribution in [2.75, 3.05) is 5.73 Å². The zero-order valence-electron chi connectivity index (χ0n) is 12.3. The van der Waals surface area contributed by atoms with Gasteiger partial charge in [0.2, 0.25) is 0 Å². The Morgan fingerprint density at radius 3 is 2.65 bits per heavy atom. The lowest BCUT2D eigenvalue weighted by Gasteiger charge is -2.08. The second-order valence-electron chi connectivity index (χ2n) is 5.35. The van der Waals surface area contributed by atoms with Crippen molar-refractivity contribution < 1.29 is 5.11 Å². The van der Waals surface area contributed by atoms with Crippen LogP contribution in [0.5, 0.6) is 0 Å². The Morgan fingerprint density at radius 1 is 1.15 bits per heavy atom. The number of aliphatic hydroxyl groups is 1. The van der Waals surface area contributed by atoms with Crippen LogP contribution in [0.3, 0.4) is 0 Å². The van der Waals surface area contributed by atoms with Gasteiger partial charge < -0.3 is 15.4 Å². The number of aromatic nitrogens is 2. The molecule has 110 valence electrons. The molecule has 0 atom stereocenters. The van der Waals surface area contributed by atoms with Gasteiger partial charge in [-0.05, 0) is 24.6 Å². The molecule has 0 unspecified atom stereocenters. The first-order chi connectivity index (χ1) is 9.76. The average molecular weight is 275 g/mol. The summed E-state index contributed by atoms with van der Waals surface area (Å²) in [6, 6.07) is 5.75. The Labute approximate surface area is 120 Å². The van der Waals surface area contributed by atoms with Crippen molar-refractivity contribution in [1.82, 2.24) is 9.55 Å². The van der Waals surface area contributed by atoms with Crippen LogP contribution in [-0.2, 0) is 13.2 Å². The molecule has 0 bridgehead atoms. The van der Waals surface area contributed by atoms with Crippen LogP contribution >= 0.6 is 0 Å². The highest BCUT2D eigenvalue weighted by atomic mass is 16.3. The Kier molecular flexibility index (Phi) is 5.41. The van der Waals surface area contributed by atoms with Crippen LogP contribution in [0.2, 0.25) is 0 Å². The second kappa shape index (κ2) is 7.29. The Hall–Kier alpha value is -1.55. The minimum Gasteiger partial charge on any atom is -0.399 e. The van der Waals surface area contributed by atoms with Gasteiger partial charge >= 0.3 is 0 Å². The van der Waals surface area contributed by atoms with Gasteiger partial charge in [-0.1, -0.05) is 39.0 Å². The number of aliphatic hydroxyl groups excluding tert-OH is 1. The zero-order chi connectivity index (χ0) is 14.4. The van der Waals surface area contributed by atoms with Gasteiger partial charge in [-0.2, -0.15) is 0 Å². The van der Waals surface area contributed by atoms with E-state index in [0.717, 1.165) is 29.8 Å². The summed E-state index contributed by atoms with van der Waals surface area (Å²) in [6.45, 7) is 3.13. The van der Waals surface area contributed by atoms with E-state index in [4.69, 9.17) is 5.73 Å². The van der Waals surface area contributed by atoms with Crippen molar-refractivity contribution in [2.45, 2.75) is 58.6 Å². The molecule has 2 rings (SSSR count). The monoisotopic (exact) mass is 275 g/mol. The Balaban J connectivity index is 2.01. The molecule has 0 amide bonds. The first-order valence-corrected chi connectivity index (χ1v) is 7.61. The summed E-state index contributed by atoms with van der Waals surface area (Å²) < 4.78 is 2.12. The van der Waals surface area contributed by atoms with E-state index in [0.29, 0.717) is 5.69 Å². The first-order valence-electron chi connectivity index (χ1n) is 7.61. The molecule has 0 aliphatic heterocycles. The Morgan fingerprint density at radius 2 is 1.90 bits per heavy atom. The zero-order valence-corrected chi connectivity index (χ0v) is 12.3. The standard InChI is InChI=1S/C16H25N3O/c1-2-3-4-5-6-7-10-19-15-9-8-13(17)11-14(15)18-16(19)12-20/h8-9,11,20H,2-7,10,12,17H2,1H3. The van der Waals surface area contributed by atoms with Crippen LogP contribution in [-0.4, -0.2) is 14.7 Å². The predicted molar refractivity (Wildman–Crippen MR) is 83.4 cm³/mol. The molecule has 0 aliphatic carbocycles. The molecule has 1 aromatic carbocycles. The van der Waals surface area contributed by atoms with Crippen LogP contribution in [0.4, 0.5) is 5.69 Å². The van der Waals surface area contributed by atoms with Gasteiger partial charge in [0, 0.05) is 12.2 Å². The summed E-state index contributed by atoms with van der Waals surface area (Å²) in [6.07, 6.45) is 7.59. The van der Waals surface area contributed by atoms with E-state index in [-0.39, 0.29) is 6.61 Å². The minimum absolute atomic E-state index is 0.0234. The van der Waals surface area contributed by atoms with E-state index in [2.05, 4.69) is 16.5 Å². The molecule has 0 radical (unpaired) electrons. The SMILES string of the molecule is CCCCCCCCn1c(CO)nc2cc(N)ccc21. The van der Waals surface area contributed by atoms with Crippen molar-refractivity contribution in [3.05, 3.63) is 24.0 Å². The fourth-order valence-electron chi connectivity index (χ4n) is 2.62. The van der Waals surface area contributed by atoms with Crippen molar-refractivity contribution in [3.8, 4) is 0 Å². The number of aryl methyl sites for hydroxylation is 1. The smallest absolute Gasteiger partial charge is 0.135 e. The minimum atomic E-state index is -0.0234. The molecule has 1 aromatic heterocycles. The summed E-state index contributed by atoms with van der Waals surface area (Å²) in [4.78, 5) is 4.45. The molecule has 0 saturated carbocycles. The number of nitrogen functional groups attached to an aromatic ring is 1. The van der Waals surface area contributed by atoms with Gasteiger partial charge in [0.25, 0.3) is 0 Å². The van der Waals surface area contributed by atoms with Gasteiger partial charge in [0.05, 0.1) is 11.0 Å². The molecule has 0 fully saturated rings. The number of unbranched alkanes of at least 4 members (excludes halogenated alkanes) is 5. The third kappa shape index (κ3) is 3.51. The number of hydrogen-bond donors (Lipinski definition) is 2. The average Bonchev–Trinajstić information content (AvgIpc) is 2.79. The first kappa shape index (κ1) is 14.9. The van der Waals surface area contributed by atoms with Crippen molar-refractivity contribution >= 4 is 16.7 Å². The molecule has 0 saturated heterocycles. The molecule has 3 N–H and O–H groups in total. The highest BCUT2D eigenvalue weighted by Crippen LogP contribution is 2.20. The van der Waals surface area contributed by atoms with Gasteiger partial charge in [-0.3, -0.25) is 0 Å². The maximum absolute atomic E-state index is 9.45. The van der Waals surface area contributed by atoms with E-state index in [1.807, 2.05) is 18.2 Å². The highest BCUT2D eigenvalue weighted by molar-refractivity contribution is 5.79. The lowest BCUT2D eigenvalue weighted by molar-refractivity contribution is 0.265. The van der Waals surface area contributed by atoms with Gasteiger partial charge in [-0.15, -0.1) is 0 Å². The van der Waals surface area contributed by atoms with E-state index < -0.39 is 0 Å². The number of nitrogens with zero attached hydrogens (tertiary/aromatic N) is 2. The third-order valence-corrected chi connectivity index (χ3v) is 3.73. The maximum atomic E-state index is 9.45. The van der Waals surface area contributed by atoms with E-state index in [9.17, 15) is 5.11 Å². The van der Waals surface area contributed by atoms with Gasteiger partial charge in [0.1, 0.15) is 12.4 Å². The number of benzene rings is 1. The lowest BCUT2D eigenvalue weighted by Crippen LogP contribution is -2.04. The van der Waals surface area contributed by atoms with Crippen LogP contribution in [0.15, 0.2) is 18.2 Å². The van der Waals surface area contributed by atoms with Gasteiger partial charge in [0.15, 0.2) is 0 Å². The molecule has 4 heteroatoms. The fraction of sp³-hybridized carbons (Fsp3) is 0.562. The summed E-state index contributed by atoms with van der Waals surface area (Å²) in [5.74, 6) is 0.735. The molecule has 2 aromatic rings. The molecule has 1 heterocycles. The number of fused-ring (bicyclic) bond motifs is 1. The van der Waals surface area contributed by atoms with Crippen LogP contribution in [0.25, 0.3) is 11.0 Å². The number of nitrogens with two attached hydrogens (primary N) is 1. The van der Waals surface area contributed by atoms with E-state index in [1.165, 1.54) is 32.1 Å². The van der Waals surface area contributed by atoms with Crippen LogP contribution in [0.1, 0.15) is 51.3 Å². The molecular formula is C16H25N3O. The molecule has 20 heavy (non-hydrogen) atoms. The predicted octanol–water partition coefficient (Wildman–Crippen LogP) is 3.47. The summed E-state index contributed by atoms with van der Waals surface area (Å²) in [5, 5.41) is 9.45. The maximum Gasteiger partial charge on any atom is 0.135 e. The highest BCUT2D eigenvalue weighted by Gasteiger charge is 2.09.